The standard InChI is InChI=1S/C23H21NO2S2/c1-15(2)14-24-22(25)20(28-23(24)27)13-18-12-17-10-6-7-11-19(17)26-21(18)16-8-4-3-5-9-16/h3-13,15,21H,14H2,1-2H3/b20-13-. The molecule has 1 saturated heterocycles. The minimum Gasteiger partial charge on any atom is -0.480 e. The Kier molecular flexibility index (Phi) is 5.38. The first-order chi connectivity index (χ1) is 13.5. The number of nitrogens with zero attached hydrogens (tertiary/aromatic N) is 1. The molecule has 2 aliphatic rings. The van der Waals surface area contributed by atoms with Gasteiger partial charge in [0.25, 0.3) is 5.91 Å². The van der Waals surface area contributed by atoms with E-state index in [4.69, 9.17) is 17.0 Å². The molecule has 0 N–H and O–H groups in total. The van der Waals surface area contributed by atoms with Crippen LogP contribution < -0.4 is 4.74 Å². The maximum atomic E-state index is 12.9. The van der Waals surface area contributed by atoms with Crippen LogP contribution in [0.15, 0.2) is 71.2 Å². The first-order valence-corrected chi connectivity index (χ1v) is 10.5. The number of hydrogen-bond donors (Lipinski definition) is 0. The lowest BCUT2D eigenvalue weighted by Gasteiger charge is -2.26. The van der Waals surface area contributed by atoms with Crippen molar-refractivity contribution in [2.75, 3.05) is 6.54 Å². The van der Waals surface area contributed by atoms with Gasteiger partial charge in [-0.05, 0) is 35.3 Å². The number of ether oxygens (including phenoxy) is 1. The Hall–Kier alpha value is -2.37. The number of carbonyl (C=O) groups excluding carboxylic acids is 1. The summed E-state index contributed by atoms with van der Waals surface area (Å²) < 4.78 is 6.94. The highest BCUT2D eigenvalue weighted by Gasteiger charge is 2.33. The maximum absolute atomic E-state index is 12.9. The van der Waals surface area contributed by atoms with Gasteiger partial charge in [0.15, 0.2) is 0 Å². The van der Waals surface area contributed by atoms with Crippen molar-refractivity contribution >= 4 is 40.3 Å². The largest absolute Gasteiger partial charge is 0.480 e. The predicted octanol–water partition coefficient (Wildman–Crippen LogP) is 5.60. The first kappa shape index (κ1) is 19.0. The Labute approximate surface area is 175 Å². The van der Waals surface area contributed by atoms with Gasteiger partial charge in [0.05, 0.1) is 4.91 Å². The van der Waals surface area contributed by atoms with E-state index in [9.17, 15) is 4.79 Å². The average Bonchev–Trinajstić information content (AvgIpc) is 2.95. The monoisotopic (exact) mass is 407 g/mol. The van der Waals surface area contributed by atoms with Gasteiger partial charge in [-0.3, -0.25) is 9.69 Å². The van der Waals surface area contributed by atoms with Crippen molar-refractivity contribution in [2.45, 2.75) is 20.0 Å². The number of rotatable bonds is 4. The summed E-state index contributed by atoms with van der Waals surface area (Å²) >= 11 is 6.81. The number of fused-ring (bicyclic) bond motifs is 1. The number of thiocarbonyl (C=S) groups is 1. The molecule has 0 bridgehead atoms. The number of para-hydroxylation sites is 1. The highest BCUT2D eigenvalue weighted by molar-refractivity contribution is 8.26. The molecule has 28 heavy (non-hydrogen) atoms. The fraction of sp³-hybridized carbons (Fsp3) is 0.217. The van der Waals surface area contributed by atoms with Crippen LogP contribution in [0.3, 0.4) is 0 Å². The lowest BCUT2D eigenvalue weighted by Crippen LogP contribution is -2.31. The third-order valence-electron chi connectivity index (χ3n) is 4.61. The minimum atomic E-state index is -0.260. The number of hydrogen-bond acceptors (Lipinski definition) is 4. The molecule has 2 aromatic carbocycles. The molecule has 0 aromatic heterocycles. The van der Waals surface area contributed by atoms with Crippen molar-refractivity contribution in [1.82, 2.24) is 4.90 Å². The molecule has 0 radical (unpaired) electrons. The number of amides is 1. The second-order valence-electron chi connectivity index (χ2n) is 7.28. The Morgan fingerprint density at radius 1 is 1.14 bits per heavy atom. The fourth-order valence-corrected chi connectivity index (χ4v) is 4.61. The Bertz CT molecular complexity index is 979. The van der Waals surface area contributed by atoms with E-state index in [1.807, 2.05) is 60.7 Å². The molecular weight excluding hydrogens is 386 g/mol. The van der Waals surface area contributed by atoms with Crippen LogP contribution in [0.1, 0.15) is 31.1 Å². The maximum Gasteiger partial charge on any atom is 0.266 e. The van der Waals surface area contributed by atoms with Crippen molar-refractivity contribution in [2.24, 2.45) is 5.92 Å². The lowest BCUT2D eigenvalue weighted by atomic mass is 9.95. The molecule has 1 atom stereocenters. The number of benzene rings is 2. The van der Waals surface area contributed by atoms with Gasteiger partial charge in [-0.2, -0.15) is 0 Å². The van der Waals surface area contributed by atoms with Gasteiger partial charge in [-0.1, -0.05) is 86.4 Å². The van der Waals surface area contributed by atoms with Crippen LogP contribution in [0.2, 0.25) is 0 Å². The molecule has 1 fully saturated rings. The summed E-state index contributed by atoms with van der Waals surface area (Å²) in [5.41, 5.74) is 3.02. The third kappa shape index (κ3) is 3.77. The molecule has 1 unspecified atom stereocenters. The Balaban J connectivity index is 1.73. The van der Waals surface area contributed by atoms with Gasteiger partial charge in [0, 0.05) is 12.1 Å². The average molecular weight is 408 g/mol. The van der Waals surface area contributed by atoms with E-state index in [1.165, 1.54) is 11.8 Å². The van der Waals surface area contributed by atoms with Gasteiger partial charge >= 0.3 is 0 Å². The summed E-state index contributed by atoms with van der Waals surface area (Å²) in [5.74, 6) is 1.19. The number of carbonyl (C=O) groups is 1. The molecule has 0 aliphatic carbocycles. The second kappa shape index (κ2) is 7.94. The van der Waals surface area contributed by atoms with E-state index in [0.717, 1.165) is 22.4 Å². The zero-order chi connectivity index (χ0) is 19.7. The van der Waals surface area contributed by atoms with Crippen LogP contribution in [-0.2, 0) is 4.79 Å². The summed E-state index contributed by atoms with van der Waals surface area (Å²) in [5, 5.41) is 0. The zero-order valence-corrected chi connectivity index (χ0v) is 17.4. The quantitative estimate of drug-likeness (QED) is 0.487. The summed E-state index contributed by atoms with van der Waals surface area (Å²) in [7, 11) is 0. The van der Waals surface area contributed by atoms with E-state index in [1.54, 1.807) is 4.90 Å². The molecule has 1 amide bonds. The smallest absolute Gasteiger partial charge is 0.266 e. The Morgan fingerprint density at radius 3 is 2.61 bits per heavy atom. The summed E-state index contributed by atoms with van der Waals surface area (Å²) in [6.45, 7) is 4.81. The molecule has 0 spiro atoms. The molecular formula is C23H21NO2S2. The SMILES string of the molecule is CC(C)CN1C(=O)/C(=C/C2=Cc3ccccc3OC2c2ccccc2)SC1=S. The summed E-state index contributed by atoms with van der Waals surface area (Å²) in [4.78, 5) is 15.2. The van der Waals surface area contributed by atoms with Crippen molar-refractivity contribution in [3.63, 3.8) is 0 Å². The van der Waals surface area contributed by atoms with Gasteiger partial charge in [0.2, 0.25) is 0 Å². The van der Waals surface area contributed by atoms with Crippen LogP contribution in [-0.4, -0.2) is 21.7 Å². The Morgan fingerprint density at radius 2 is 1.86 bits per heavy atom. The van der Waals surface area contributed by atoms with Crippen LogP contribution in [0, 0.1) is 5.92 Å². The van der Waals surface area contributed by atoms with Crippen molar-refractivity contribution < 1.29 is 9.53 Å². The van der Waals surface area contributed by atoms with Gasteiger partial charge < -0.3 is 4.74 Å². The van der Waals surface area contributed by atoms with Gasteiger partial charge in [0.1, 0.15) is 16.2 Å². The van der Waals surface area contributed by atoms with Gasteiger partial charge in [-0.25, -0.2) is 0 Å². The summed E-state index contributed by atoms with van der Waals surface area (Å²) in [6, 6.07) is 18.0. The van der Waals surface area contributed by atoms with Gasteiger partial charge in [-0.15, -0.1) is 0 Å². The number of thioether (sulfide) groups is 1. The highest BCUT2D eigenvalue weighted by Crippen LogP contribution is 2.40. The zero-order valence-electron chi connectivity index (χ0n) is 15.8. The van der Waals surface area contributed by atoms with E-state index in [0.29, 0.717) is 21.7 Å². The topological polar surface area (TPSA) is 29.5 Å². The van der Waals surface area contributed by atoms with E-state index in [-0.39, 0.29) is 12.0 Å². The fourth-order valence-electron chi connectivity index (χ4n) is 3.34. The normalized spacial score (nSPS) is 20.4. The van der Waals surface area contributed by atoms with Crippen LogP contribution >= 0.6 is 24.0 Å². The molecule has 0 saturated carbocycles. The molecule has 2 aromatic rings. The molecule has 2 aliphatic heterocycles. The minimum absolute atomic E-state index is 0.0183. The first-order valence-electron chi connectivity index (χ1n) is 9.30. The third-order valence-corrected chi connectivity index (χ3v) is 5.99. The van der Waals surface area contributed by atoms with Crippen LogP contribution in [0.5, 0.6) is 5.75 Å². The lowest BCUT2D eigenvalue weighted by molar-refractivity contribution is -0.122. The highest BCUT2D eigenvalue weighted by atomic mass is 32.2. The molecule has 2 heterocycles. The van der Waals surface area contributed by atoms with Crippen LogP contribution in [0.25, 0.3) is 6.08 Å². The van der Waals surface area contributed by atoms with E-state index >= 15 is 0 Å². The second-order valence-corrected chi connectivity index (χ2v) is 8.95. The molecule has 4 rings (SSSR count). The predicted molar refractivity (Wildman–Crippen MR) is 119 cm³/mol. The van der Waals surface area contributed by atoms with Crippen molar-refractivity contribution in [1.29, 1.82) is 0 Å². The molecule has 5 heteroatoms. The molecule has 3 nitrogen and oxygen atoms in total. The van der Waals surface area contributed by atoms with E-state index in [2.05, 4.69) is 19.9 Å². The van der Waals surface area contributed by atoms with Crippen LogP contribution in [0.4, 0.5) is 0 Å². The van der Waals surface area contributed by atoms with E-state index < -0.39 is 0 Å². The molecule has 142 valence electrons. The van der Waals surface area contributed by atoms with Crippen molar-refractivity contribution in [3.8, 4) is 5.75 Å². The summed E-state index contributed by atoms with van der Waals surface area (Å²) in [6.07, 6.45) is 3.78. The van der Waals surface area contributed by atoms with Crippen molar-refractivity contribution in [3.05, 3.63) is 82.3 Å².